The Kier molecular flexibility index (Phi) is 8.66. The fraction of sp³-hybridized carbons (Fsp3) is 0.310. The topological polar surface area (TPSA) is 102 Å². The molecule has 184 valence electrons. The van der Waals surface area contributed by atoms with Crippen LogP contribution in [-0.2, 0) is 11.2 Å². The predicted octanol–water partition coefficient (Wildman–Crippen LogP) is 4.79. The van der Waals surface area contributed by atoms with Gasteiger partial charge in [0.1, 0.15) is 11.8 Å². The van der Waals surface area contributed by atoms with Gasteiger partial charge >= 0.3 is 5.97 Å². The summed E-state index contributed by atoms with van der Waals surface area (Å²) in [5, 5.41) is 12.0. The molecule has 0 aliphatic heterocycles. The number of methoxy groups -OCH3 is 1. The highest BCUT2D eigenvalue weighted by atomic mass is 16.5. The molecule has 6 heteroatoms. The number of ether oxygens (including phenoxy) is 1. The lowest BCUT2D eigenvalue weighted by atomic mass is 9.87. The smallest absolute Gasteiger partial charge is 0.320 e. The number of carbonyl (C=O) groups is 2. The normalized spacial score (nSPS) is 12.7. The van der Waals surface area contributed by atoms with Crippen LogP contribution in [0.15, 0.2) is 66.7 Å². The summed E-state index contributed by atoms with van der Waals surface area (Å²) in [6.45, 7) is 6.86. The number of aryl methyl sites for hydroxylation is 1. The van der Waals surface area contributed by atoms with Crippen LogP contribution in [0.5, 0.6) is 5.75 Å². The van der Waals surface area contributed by atoms with Gasteiger partial charge in [-0.1, -0.05) is 56.3 Å². The maximum Gasteiger partial charge on any atom is 0.320 e. The molecule has 6 nitrogen and oxygen atoms in total. The second kappa shape index (κ2) is 11.7. The first-order valence-electron chi connectivity index (χ1n) is 11.8. The molecule has 0 spiro atoms. The molecule has 0 aromatic heterocycles. The minimum absolute atomic E-state index is 0.159. The molecule has 35 heavy (non-hydrogen) atoms. The molecule has 0 aliphatic rings. The number of benzene rings is 3. The Bertz CT molecular complexity index is 1150. The van der Waals surface area contributed by atoms with Gasteiger partial charge in [-0.2, -0.15) is 0 Å². The summed E-state index contributed by atoms with van der Waals surface area (Å²) in [4.78, 5) is 23.7. The highest BCUT2D eigenvalue weighted by molar-refractivity contribution is 5.94. The molecule has 0 fully saturated rings. The van der Waals surface area contributed by atoms with Crippen LogP contribution in [0.25, 0.3) is 11.1 Å². The Labute approximate surface area is 207 Å². The van der Waals surface area contributed by atoms with Gasteiger partial charge in [-0.3, -0.25) is 9.59 Å². The molecule has 0 bridgehead atoms. The fourth-order valence-corrected chi connectivity index (χ4v) is 4.13. The van der Waals surface area contributed by atoms with Crippen molar-refractivity contribution >= 4 is 11.9 Å². The van der Waals surface area contributed by atoms with Crippen LogP contribution in [-0.4, -0.2) is 36.7 Å². The largest absolute Gasteiger partial charge is 0.497 e. The Morgan fingerprint density at radius 1 is 0.971 bits per heavy atom. The van der Waals surface area contributed by atoms with Crippen molar-refractivity contribution in [3.63, 3.8) is 0 Å². The molecule has 1 amide bonds. The maximum atomic E-state index is 12.7. The predicted molar refractivity (Wildman–Crippen MR) is 139 cm³/mol. The number of carboxylic acid groups (broad SMARTS) is 1. The van der Waals surface area contributed by atoms with E-state index in [1.807, 2.05) is 12.1 Å². The lowest BCUT2D eigenvalue weighted by Crippen LogP contribution is -2.32. The molecule has 3 rings (SSSR count). The zero-order valence-electron chi connectivity index (χ0n) is 20.7. The Morgan fingerprint density at radius 3 is 2.20 bits per heavy atom. The van der Waals surface area contributed by atoms with E-state index in [1.165, 1.54) is 5.56 Å². The average Bonchev–Trinajstić information content (AvgIpc) is 2.84. The van der Waals surface area contributed by atoms with Crippen molar-refractivity contribution in [2.45, 2.75) is 39.2 Å². The number of carbonyl (C=O) groups excluding carboxylic acids is 1. The van der Waals surface area contributed by atoms with Crippen LogP contribution in [0.2, 0.25) is 0 Å². The van der Waals surface area contributed by atoms with Gasteiger partial charge in [0.2, 0.25) is 0 Å². The highest BCUT2D eigenvalue weighted by Gasteiger charge is 2.18. The summed E-state index contributed by atoms with van der Waals surface area (Å²) in [5.74, 6) is 0.129. The minimum Gasteiger partial charge on any atom is -0.497 e. The van der Waals surface area contributed by atoms with Crippen molar-refractivity contribution in [3.05, 3.63) is 89.0 Å². The van der Waals surface area contributed by atoms with Gasteiger partial charge < -0.3 is 20.9 Å². The molecular weight excluding hydrogens is 440 g/mol. The molecule has 0 saturated heterocycles. The molecule has 0 heterocycles. The molecule has 0 unspecified atom stereocenters. The van der Waals surface area contributed by atoms with E-state index in [1.54, 1.807) is 31.4 Å². The molecule has 0 aliphatic carbocycles. The van der Waals surface area contributed by atoms with Crippen molar-refractivity contribution in [2.24, 2.45) is 11.7 Å². The number of rotatable bonds is 10. The van der Waals surface area contributed by atoms with Crippen LogP contribution in [0, 0.1) is 12.8 Å². The van der Waals surface area contributed by atoms with Crippen molar-refractivity contribution in [1.29, 1.82) is 0 Å². The zero-order chi connectivity index (χ0) is 25.5. The molecule has 0 saturated carbocycles. The molecular formula is C29H34N2O4. The second-order valence-electron chi connectivity index (χ2n) is 9.27. The number of hydrogen-bond acceptors (Lipinski definition) is 4. The summed E-state index contributed by atoms with van der Waals surface area (Å²) in [6, 6.07) is 20.6. The van der Waals surface area contributed by atoms with Crippen molar-refractivity contribution in [3.8, 4) is 16.9 Å². The number of aliphatic carboxylic acids is 1. The van der Waals surface area contributed by atoms with Gasteiger partial charge in [-0.05, 0) is 71.3 Å². The fourth-order valence-electron chi connectivity index (χ4n) is 4.13. The number of nitrogens with one attached hydrogen (secondary N) is 1. The maximum absolute atomic E-state index is 12.7. The summed E-state index contributed by atoms with van der Waals surface area (Å²) < 4.78 is 5.40. The van der Waals surface area contributed by atoms with Crippen LogP contribution in [0.4, 0.5) is 0 Å². The van der Waals surface area contributed by atoms with E-state index in [0.717, 1.165) is 28.0 Å². The Hall–Kier alpha value is -3.64. The lowest BCUT2D eigenvalue weighted by Gasteiger charge is -2.22. The first-order chi connectivity index (χ1) is 16.7. The zero-order valence-corrected chi connectivity index (χ0v) is 20.7. The monoisotopic (exact) mass is 474 g/mol. The van der Waals surface area contributed by atoms with Crippen molar-refractivity contribution in [2.75, 3.05) is 13.7 Å². The van der Waals surface area contributed by atoms with Crippen molar-refractivity contribution < 1.29 is 19.4 Å². The van der Waals surface area contributed by atoms with Gasteiger partial charge in [-0.25, -0.2) is 0 Å². The summed E-state index contributed by atoms with van der Waals surface area (Å²) >= 11 is 0. The lowest BCUT2D eigenvalue weighted by molar-refractivity contribution is -0.138. The Balaban J connectivity index is 1.67. The van der Waals surface area contributed by atoms with Gasteiger partial charge in [0, 0.05) is 18.0 Å². The summed E-state index contributed by atoms with van der Waals surface area (Å²) in [7, 11) is 1.67. The summed E-state index contributed by atoms with van der Waals surface area (Å²) in [5.41, 5.74) is 11.4. The third-order valence-electron chi connectivity index (χ3n) is 6.23. The van der Waals surface area contributed by atoms with Crippen LogP contribution >= 0.6 is 0 Å². The van der Waals surface area contributed by atoms with Gasteiger partial charge in [0.05, 0.1) is 7.11 Å². The number of carboxylic acids is 1. The number of nitrogens with two attached hydrogens (primary N) is 1. The van der Waals surface area contributed by atoms with E-state index in [0.29, 0.717) is 18.0 Å². The van der Waals surface area contributed by atoms with Gasteiger partial charge in [-0.15, -0.1) is 0 Å². The second-order valence-corrected chi connectivity index (χ2v) is 9.27. The average molecular weight is 475 g/mol. The number of hydrogen-bond donors (Lipinski definition) is 3. The van der Waals surface area contributed by atoms with Crippen LogP contribution in [0.1, 0.15) is 46.8 Å². The first-order valence-corrected chi connectivity index (χ1v) is 11.8. The molecule has 0 radical (unpaired) electrons. The number of amides is 1. The molecule has 2 atom stereocenters. The van der Waals surface area contributed by atoms with E-state index in [2.05, 4.69) is 56.4 Å². The quantitative estimate of drug-likeness (QED) is 0.392. The molecule has 4 N–H and O–H groups in total. The van der Waals surface area contributed by atoms with Gasteiger partial charge in [0.25, 0.3) is 5.91 Å². The van der Waals surface area contributed by atoms with Crippen LogP contribution in [0.3, 0.4) is 0 Å². The van der Waals surface area contributed by atoms with E-state index < -0.39 is 12.0 Å². The third-order valence-corrected chi connectivity index (χ3v) is 6.23. The van der Waals surface area contributed by atoms with Crippen molar-refractivity contribution in [1.82, 2.24) is 5.32 Å². The Morgan fingerprint density at radius 2 is 1.63 bits per heavy atom. The minimum atomic E-state index is -1.04. The SMILES string of the molecule is COc1cc(C)cc(-c2ccc([C@H](CNC(=O)c3ccc(C[C@H](N)C(=O)O)cc3)C(C)C)cc2)c1. The van der Waals surface area contributed by atoms with E-state index in [9.17, 15) is 9.59 Å². The first kappa shape index (κ1) is 26.0. The molecule has 3 aromatic rings. The highest BCUT2D eigenvalue weighted by Crippen LogP contribution is 2.29. The van der Waals surface area contributed by atoms with Gasteiger partial charge in [0.15, 0.2) is 0 Å². The van der Waals surface area contributed by atoms with E-state index >= 15 is 0 Å². The summed E-state index contributed by atoms with van der Waals surface area (Å²) in [6.07, 6.45) is 0.220. The third kappa shape index (κ3) is 6.93. The van der Waals surface area contributed by atoms with E-state index in [-0.39, 0.29) is 18.2 Å². The van der Waals surface area contributed by atoms with E-state index in [4.69, 9.17) is 15.6 Å². The van der Waals surface area contributed by atoms with Crippen LogP contribution < -0.4 is 15.8 Å². The molecule has 3 aromatic carbocycles. The standard InChI is InChI=1S/C29H34N2O4/c1-18(2)26(17-31-28(32)23-7-5-20(6-8-23)15-27(30)29(33)34)22-11-9-21(10-12-22)24-13-19(3)14-25(16-24)35-4/h5-14,16,18,26-27H,15,17,30H2,1-4H3,(H,31,32)(H,33,34)/t26-,27+/m1/s1.